The minimum absolute atomic E-state index is 0.0317. The lowest BCUT2D eigenvalue weighted by atomic mass is 10.0. The normalized spacial score (nSPS) is 19.2. The van der Waals surface area contributed by atoms with Crippen LogP contribution in [0.1, 0.15) is 25.3 Å². The number of likely N-dealkylation sites (tertiary alicyclic amines) is 1. The maximum absolute atomic E-state index is 12.6. The number of benzene rings is 1. The van der Waals surface area contributed by atoms with Gasteiger partial charge in [0.25, 0.3) is 0 Å². The highest BCUT2D eigenvalue weighted by molar-refractivity contribution is 5.90. The number of hydrogen-bond donors (Lipinski definition) is 1. The number of alkyl halides is 3. The molecule has 2 atom stereocenters. The van der Waals surface area contributed by atoms with Crippen LogP contribution in [0.15, 0.2) is 30.3 Å². The van der Waals surface area contributed by atoms with E-state index in [2.05, 4.69) is 5.32 Å². The van der Waals surface area contributed by atoms with Crippen molar-refractivity contribution in [3.05, 3.63) is 35.9 Å². The molecule has 0 aromatic heterocycles. The van der Waals surface area contributed by atoms with Gasteiger partial charge in [-0.25, -0.2) is 0 Å². The number of nitrogens with one attached hydrogen (secondary N) is 1. The third-order valence-electron chi connectivity index (χ3n) is 4.11. The molecule has 1 aliphatic rings. The van der Waals surface area contributed by atoms with Crippen LogP contribution in [0.3, 0.4) is 0 Å². The monoisotopic (exact) mass is 342 g/mol. The van der Waals surface area contributed by atoms with E-state index >= 15 is 0 Å². The SMILES string of the molecule is CC(CNC(=O)C1CCCN1C(=O)C(F)(F)F)Cc1ccccc1. The lowest BCUT2D eigenvalue weighted by Gasteiger charge is -2.25. The Bertz CT molecular complexity index is 575. The first kappa shape index (κ1) is 18.3. The van der Waals surface area contributed by atoms with Crippen molar-refractivity contribution in [2.45, 2.75) is 38.4 Å². The number of amides is 2. The van der Waals surface area contributed by atoms with Crippen LogP contribution in [0.25, 0.3) is 0 Å². The summed E-state index contributed by atoms with van der Waals surface area (Å²) in [5.41, 5.74) is 1.13. The van der Waals surface area contributed by atoms with Crippen LogP contribution in [0.2, 0.25) is 0 Å². The summed E-state index contributed by atoms with van der Waals surface area (Å²) in [6.45, 7) is 2.29. The molecule has 1 fully saturated rings. The van der Waals surface area contributed by atoms with Crippen molar-refractivity contribution in [2.24, 2.45) is 5.92 Å². The van der Waals surface area contributed by atoms with Gasteiger partial charge >= 0.3 is 12.1 Å². The lowest BCUT2D eigenvalue weighted by molar-refractivity contribution is -0.186. The molecule has 2 rings (SSSR count). The average molecular weight is 342 g/mol. The van der Waals surface area contributed by atoms with E-state index in [-0.39, 0.29) is 18.9 Å². The van der Waals surface area contributed by atoms with E-state index in [1.807, 2.05) is 37.3 Å². The summed E-state index contributed by atoms with van der Waals surface area (Å²) >= 11 is 0. The number of carbonyl (C=O) groups is 2. The summed E-state index contributed by atoms with van der Waals surface area (Å²) in [4.78, 5) is 24.2. The highest BCUT2D eigenvalue weighted by Gasteiger charge is 2.47. The van der Waals surface area contributed by atoms with Crippen molar-refractivity contribution in [3.8, 4) is 0 Å². The molecule has 0 spiro atoms. The minimum atomic E-state index is -4.94. The van der Waals surface area contributed by atoms with Gasteiger partial charge < -0.3 is 10.2 Å². The van der Waals surface area contributed by atoms with Crippen LogP contribution < -0.4 is 5.32 Å². The van der Waals surface area contributed by atoms with Crippen LogP contribution in [-0.4, -0.2) is 42.0 Å². The molecule has 0 radical (unpaired) electrons. The Morgan fingerprint density at radius 2 is 1.96 bits per heavy atom. The predicted octanol–water partition coefficient (Wildman–Crippen LogP) is 2.53. The summed E-state index contributed by atoms with van der Waals surface area (Å²) in [6, 6.07) is 8.72. The zero-order valence-electron chi connectivity index (χ0n) is 13.5. The molecule has 1 aromatic rings. The molecule has 4 nitrogen and oxygen atoms in total. The molecule has 1 heterocycles. The third kappa shape index (κ3) is 4.72. The summed E-state index contributed by atoms with van der Waals surface area (Å²) in [7, 11) is 0. The Kier molecular flexibility index (Phi) is 5.85. The first-order valence-corrected chi connectivity index (χ1v) is 7.98. The molecule has 1 saturated heterocycles. The van der Waals surface area contributed by atoms with Gasteiger partial charge in [0.2, 0.25) is 5.91 Å². The van der Waals surface area contributed by atoms with Crippen molar-refractivity contribution < 1.29 is 22.8 Å². The zero-order chi connectivity index (χ0) is 17.7. The molecule has 1 N–H and O–H groups in total. The first-order valence-electron chi connectivity index (χ1n) is 7.98. The second-order valence-electron chi connectivity index (χ2n) is 6.19. The summed E-state index contributed by atoms with van der Waals surface area (Å²) in [6.07, 6.45) is -3.51. The third-order valence-corrected chi connectivity index (χ3v) is 4.11. The fourth-order valence-electron chi connectivity index (χ4n) is 2.93. The molecule has 132 valence electrons. The average Bonchev–Trinajstić information content (AvgIpc) is 3.01. The summed E-state index contributed by atoms with van der Waals surface area (Å²) in [5.74, 6) is -2.30. The number of carbonyl (C=O) groups excluding carboxylic acids is 2. The second kappa shape index (κ2) is 7.68. The fourth-order valence-corrected chi connectivity index (χ4v) is 2.93. The number of halogens is 3. The Morgan fingerprint density at radius 1 is 1.29 bits per heavy atom. The Balaban J connectivity index is 1.86. The molecule has 2 amide bonds. The van der Waals surface area contributed by atoms with Gasteiger partial charge in [-0.15, -0.1) is 0 Å². The maximum atomic E-state index is 12.6. The molecular weight excluding hydrogens is 321 g/mol. The molecule has 0 aliphatic carbocycles. The van der Waals surface area contributed by atoms with E-state index in [0.717, 1.165) is 12.0 Å². The number of hydrogen-bond acceptors (Lipinski definition) is 2. The minimum Gasteiger partial charge on any atom is -0.354 e. The van der Waals surface area contributed by atoms with Crippen LogP contribution in [-0.2, 0) is 16.0 Å². The number of nitrogens with zero attached hydrogens (tertiary/aromatic N) is 1. The van der Waals surface area contributed by atoms with Crippen LogP contribution in [0, 0.1) is 5.92 Å². The lowest BCUT2D eigenvalue weighted by Crippen LogP contribution is -2.50. The molecule has 0 bridgehead atoms. The van der Waals surface area contributed by atoms with Gasteiger partial charge in [0, 0.05) is 13.1 Å². The molecule has 7 heteroatoms. The van der Waals surface area contributed by atoms with E-state index in [0.29, 0.717) is 17.9 Å². The smallest absolute Gasteiger partial charge is 0.354 e. The predicted molar refractivity (Wildman–Crippen MR) is 83.1 cm³/mol. The van der Waals surface area contributed by atoms with Crippen LogP contribution in [0.4, 0.5) is 13.2 Å². The standard InChI is InChI=1S/C17H21F3N2O2/c1-12(10-13-6-3-2-4-7-13)11-21-15(23)14-8-5-9-22(14)16(24)17(18,19)20/h2-4,6-7,12,14H,5,8-11H2,1H3,(H,21,23). The van der Waals surface area contributed by atoms with Crippen molar-refractivity contribution in [1.29, 1.82) is 0 Å². The Labute approximate surface area is 139 Å². The maximum Gasteiger partial charge on any atom is 0.471 e. The molecule has 1 aromatic carbocycles. The van der Waals surface area contributed by atoms with Gasteiger partial charge in [0.15, 0.2) is 0 Å². The van der Waals surface area contributed by atoms with Gasteiger partial charge in [-0.1, -0.05) is 37.3 Å². The Morgan fingerprint density at radius 3 is 2.58 bits per heavy atom. The van der Waals surface area contributed by atoms with E-state index in [9.17, 15) is 22.8 Å². The molecular formula is C17H21F3N2O2. The highest BCUT2D eigenvalue weighted by atomic mass is 19.4. The topological polar surface area (TPSA) is 49.4 Å². The van der Waals surface area contributed by atoms with Crippen molar-refractivity contribution in [2.75, 3.05) is 13.1 Å². The molecule has 0 saturated carbocycles. The van der Waals surface area contributed by atoms with Crippen LogP contribution in [0.5, 0.6) is 0 Å². The summed E-state index contributed by atoms with van der Waals surface area (Å²) in [5, 5.41) is 2.68. The fraction of sp³-hybridized carbons (Fsp3) is 0.529. The molecule has 1 aliphatic heterocycles. The van der Waals surface area contributed by atoms with Crippen LogP contribution >= 0.6 is 0 Å². The van der Waals surface area contributed by atoms with E-state index in [4.69, 9.17) is 0 Å². The second-order valence-corrected chi connectivity index (χ2v) is 6.19. The first-order chi connectivity index (χ1) is 11.3. The number of rotatable bonds is 5. The van der Waals surface area contributed by atoms with Gasteiger partial charge in [0.05, 0.1) is 0 Å². The summed E-state index contributed by atoms with van der Waals surface area (Å²) < 4.78 is 37.7. The van der Waals surface area contributed by atoms with E-state index in [1.165, 1.54) is 0 Å². The molecule has 24 heavy (non-hydrogen) atoms. The van der Waals surface area contributed by atoms with Gasteiger partial charge in [0.1, 0.15) is 6.04 Å². The van der Waals surface area contributed by atoms with E-state index in [1.54, 1.807) is 0 Å². The van der Waals surface area contributed by atoms with Crippen molar-refractivity contribution in [3.63, 3.8) is 0 Å². The van der Waals surface area contributed by atoms with Gasteiger partial charge in [-0.05, 0) is 30.7 Å². The molecule has 2 unspecified atom stereocenters. The Hall–Kier alpha value is -2.05. The quantitative estimate of drug-likeness (QED) is 0.894. The van der Waals surface area contributed by atoms with Gasteiger partial charge in [-0.3, -0.25) is 9.59 Å². The van der Waals surface area contributed by atoms with Gasteiger partial charge in [-0.2, -0.15) is 13.2 Å². The largest absolute Gasteiger partial charge is 0.471 e. The van der Waals surface area contributed by atoms with E-state index < -0.39 is 24.0 Å². The van der Waals surface area contributed by atoms with Crippen molar-refractivity contribution in [1.82, 2.24) is 10.2 Å². The van der Waals surface area contributed by atoms with Crippen molar-refractivity contribution >= 4 is 11.8 Å². The highest BCUT2D eigenvalue weighted by Crippen LogP contribution is 2.25. The zero-order valence-corrected chi connectivity index (χ0v) is 13.5.